The molecule has 0 unspecified atom stereocenters. The first kappa shape index (κ1) is 19.1. The van der Waals surface area contributed by atoms with E-state index in [2.05, 4.69) is 30.9 Å². The van der Waals surface area contributed by atoms with Gasteiger partial charge in [-0.15, -0.1) is 5.10 Å². The smallest absolute Gasteiger partial charge is 0.255 e. The van der Waals surface area contributed by atoms with Gasteiger partial charge >= 0.3 is 0 Å². The molecule has 0 radical (unpaired) electrons. The van der Waals surface area contributed by atoms with E-state index in [1.807, 2.05) is 38.4 Å². The van der Waals surface area contributed by atoms with Gasteiger partial charge in [0.2, 0.25) is 5.95 Å². The Morgan fingerprint density at radius 3 is 2.87 bits per heavy atom. The first-order valence-corrected chi connectivity index (χ1v) is 10.1. The summed E-state index contributed by atoms with van der Waals surface area (Å²) in [7, 11) is 3.39. The van der Waals surface area contributed by atoms with Crippen molar-refractivity contribution >= 4 is 28.4 Å². The Morgan fingerprint density at radius 2 is 2.10 bits per heavy atom. The van der Waals surface area contributed by atoms with Crippen molar-refractivity contribution in [1.82, 2.24) is 30.3 Å². The second kappa shape index (κ2) is 7.42. The normalized spacial score (nSPS) is 13.4. The largest absolute Gasteiger partial charge is 0.496 e. The molecule has 1 amide bonds. The number of nitrogens with zero attached hydrogens (tertiary/aromatic N) is 4. The van der Waals surface area contributed by atoms with Gasteiger partial charge in [0.05, 0.1) is 24.4 Å². The van der Waals surface area contributed by atoms with Crippen LogP contribution >= 0.6 is 0 Å². The second-order valence-electron chi connectivity index (χ2n) is 7.74. The zero-order valence-corrected chi connectivity index (χ0v) is 17.6. The van der Waals surface area contributed by atoms with Crippen LogP contribution in [0.5, 0.6) is 5.75 Å². The van der Waals surface area contributed by atoms with Crippen LogP contribution in [0.4, 0.5) is 11.6 Å². The number of carbonyl (C=O) groups excluding carboxylic acids is 1. The van der Waals surface area contributed by atoms with Crippen LogP contribution in [0.3, 0.4) is 0 Å². The quantitative estimate of drug-likeness (QED) is 0.444. The Labute approximate surface area is 178 Å². The van der Waals surface area contributed by atoms with Gasteiger partial charge in [0, 0.05) is 29.7 Å². The lowest BCUT2D eigenvalue weighted by Gasteiger charge is -2.10. The Morgan fingerprint density at radius 1 is 1.26 bits per heavy atom. The highest BCUT2D eigenvalue weighted by Crippen LogP contribution is 2.30. The Kier molecular flexibility index (Phi) is 4.58. The van der Waals surface area contributed by atoms with E-state index in [0.717, 1.165) is 40.6 Å². The molecule has 1 saturated carbocycles. The third kappa shape index (κ3) is 3.58. The predicted octanol–water partition coefficient (Wildman–Crippen LogP) is 3.31. The lowest BCUT2D eigenvalue weighted by molar-refractivity contribution is 0.0948. The van der Waals surface area contributed by atoms with Crippen LogP contribution in [0.2, 0.25) is 0 Å². The monoisotopic (exact) mass is 417 g/mol. The minimum Gasteiger partial charge on any atom is -0.496 e. The molecule has 158 valence electrons. The Balaban J connectivity index is 1.43. The number of hydrogen-bond donors (Lipinski definition) is 3. The molecular formula is C22H23N7O2. The minimum absolute atomic E-state index is 0.118. The van der Waals surface area contributed by atoms with Crippen molar-refractivity contribution in [3.8, 4) is 17.1 Å². The first-order chi connectivity index (χ1) is 15.0. The molecule has 0 spiro atoms. The summed E-state index contributed by atoms with van der Waals surface area (Å²) >= 11 is 0. The molecule has 31 heavy (non-hydrogen) atoms. The zero-order valence-electron chi connectivity index (χ0n) is 17.6. The van der Waals surface area contributed by atoms with E-state index in [1.54, 1.807) is 23.9 Å². The number of aryl methyl sites for hydroxylation is 2. The minimum atomic E-state index is -0.118. The third-order valence-corrected chi connectivity index (χ3v) is 5.52. The fourth-order valence-electron chi connectivity index (χ4n) is 3.54. The van der Waals surface area contributed by atoms with E-state index in [0.29, 0.717) is 23.1 Å². The molecule has 0 saturated heterocycles. The lowest BCUT2D eigenvalue weighted by Crippen LogP contribution is -2.25. The summed E-state index contributed by atoms with van der Waals surface area (Å²) in [4.78, 5) is 17.1. The third-order valence-electron chi connectivity index (χ3n) is 5.52. The molecule has 9 heteroatoms. The van der Waals surface area contributed by atoms with Crippen molar-refractivity contribution in [1.29, 1.82) is 0 Å². The lowest BCUT2D eigenvalue weighted by atomic mass is 10.1. The van der Waals surface area contributed by atoms with Crippen LogP contribution < -0.4 is 15.4 Å². The number of aromatic amines is 1. The van der Waals surface area contributed by atoms with E-state index < -0.39 is 0 Å². The number of benzene rings is 2. The van der Waals surface area contributed by atoms with Crippen LogP contribution in [0.1, 0.15) is 28.8 Å². The summed E-state index contributed by atoms with van der Waals surface area (Å²) in [6.45, 7) is 2.04. The summed E-state index contributed by atoms with van der Waals surface area (Å²) in [5.41, 5.74) is 4.27. The molecule has 2 heterocycles. The van der Waals surface area contributed by atoms with Crippen LogP contribution in [0, 0.1) is 6.92 Å². The van der Waals surface area contributed by atoms with Gasteiger partial charge in [0.25, 0.3) is 5.91 Å². The van der Waals surface area contributed by atoms with E-state index in [-0.39, 0.29) is 11.9 Å². The number of amides is 1. The molecule has 0 aliphatic heterocycles. The van der Waals surface area contributed by atoms with Crippen molar-refractivity contribution in [3.05, 3.63) is 47.7 Å². The molecule has 0 atom stereocenters. The van der Waals surface area contributed by atoms with Gasteiger partial charge in [-0.05, 0) is 49.6 Å². The number of carbonyl (C=O) groups is 1. The highest BCUT2D eigenvalue weighted by molar-refractivity contribution is 5.98. The van der Waals surface area contributed by atoms with Crippen molar-refractivity contribution in [2.45, 2.75) is 25.8 Å². The number of anilines is 2. The summed E-state index contributed by atoms with van der Waals surface area (Å²) in [5, 5.41) is 19.0. The van der Waals surface area contributed by atoms with E-state index >= 15 is 0 Å². The van der Waals surface area contributed by atoms with Crippen LogP contribution in [0.25, 0.3) is 22.3 Å². The molecule has 9 nitrogen and oxygen atoms in total. The van der Waals surface area contributed by atoms with Gasteiger partial charge in [-0.3, -0.25) is 9.89 Å². The predicted molar refractivity (Wildman–Crippen MR) is 118 cm³/mol. The van der Waals surface area contributed by atoms with Crippen molar-refractivity contribution in [3.63, 3.8) is 0 Å². The summed E-state index contributed by atoms with van der Waals surface area (Å²) in [6, 6.07) is 9.64. The van der Waals surface area contributed by atoms with Gasteiger partial charge in [-0.2, -0.15) is 10.1 Å². The number of hydrogen-bond acceptors (Lipinski definition) is 6. The van der Waals surface area contributed by atoms with Crippen molar-refractivity contribution < 1.29 is 9.53 Å². The summed E-state index contributed by atoms with van der Waals surface area (Å²) < 4.78 is 7.15. The van der Waals surface area contributed by atoms with Gasteiger partial charge in [-0.25, -0.2) is 4.68 Å². The molecule has 1 aliphatic carbocycles. The van der Waals surface area contributed by atoms with Gasteiger partial charge in [0.15, 0.2) is 5.82 Å². The molecule has 1 fully saturated rings. The van der Waals surface area contributed by atoms with Crippen LogP contribution in [-0.2, 0) is 7.05 Å². The molecule has 5 rings (SSSR count). The molecule has 4 aromatic rings. The number of aromatic nitrogens is 5. The number of nitrogens with one attached hydrogen (secondary N) is 3. The fraction of sp³-hybridized carbons (Fsp3) is 0.273. The van der Waals surface area contributed by atoms with E-state index in [4.69, 9.17) is 4.74 Å². The highest BCUT2D eigenvalue weighted by atomic mass is 16.5. The van der Waals surface area contributed by atoms with Gasteiger partial charge in [-0.1, -0.05) is 6.07 Å². The highest BCUT2D eigenvalue weighted by Gasteiger charge is 2.25. The number of ether oxygens (including phenoxy) is 1. The number of fused-ring (bicyclic) bond motifs is 1. The average molecular weight is 417 g/mol. The molecule has 0 bridgehead atoms. The number of H-pyrrole nitrogens is 1. The van der Waals surface area contributed by atoms with Crippen molar-refractivity contribution in [2.24, 2.45) is 7.05 Å². The molecular weight excluding hydrogens is 394 g/mol. The number of methoxy groups -OCH3 is 1. The van der Waals surface area contributed by atoms with Gasteiger partial charge < -0.3 is 15.4 Å². The van der Waals surface area contributed by atoms with Crippen LogP contribution in [0.15, 0.2) is 36.5 Å². The topological polar surface area (TPSA) is 110 Å². The summed E-state index contributed by atoms with van der Waals surface area (Å²) in [5.74, 6) is 1.53. The maximum atomic E-state index is 12.4. The maximum absolute atomic E-state index is 12.4. The molecule has 3 N–H and O–H groups in total. The second-order valence-corrected chi connectivity index (χ2v) is 7.74. The maximum Gasteiger partial charge on any atom is 0.255 e. The standard InChI is InChI=1S/C22H23N7O2/c1-12-16-11-23-27-18(16)9-8-17(12)25-22-26-20(28-29(22)2)13-4-7-15(19(10-13)31-3)21(30)24-14-5-6-14/h4,7-11,14H,5-6H2,1-3H3,(H,23,27)(H,24,30)(H,25,26,28). The Hall–Kier alpha value is -3.88. The molecule has 1 aliphatic rings. The summed E-state index contributed by atoms with van der Waals surface area (Å²) in [6.07, 6.45) is 3.88. The van der Waals surface area contributed by atoms with Crippen molar-refractivity contribution in [2.75, 3.05) is 12.4 Å². The molecule has 2 aromatic carbocycles. The van der Waals surface area contributed by atoms with E-state index in [9.17, 15) is 4.79 Å². The first-order valence-electron chi connectivity index (χ1n) is 10.1. The average Bonchev–Trinajstić information content (AvgIpc) is 3.31. The zero-order chi connectivity index (χ0) is 21.5. The SMILES string of the molecule is COc1cc(-c2nc(Nc3ccc4[nH]ncc4c3C)n(C)n2)ccc1C(=O)NC1CC1. The Bertz CT molecular complexity index is 1290. The molecule has 2 aromatic heterocycles. The number of rotatable bonds is 6. The van der Waals surface area contributed by atoms with Gasteiger partial charge in [0.1, 0.15) is 5.75 Å². The van der Waals surface area contributed by atoms with E-state index in [1.165, 1.54) is 0 Å². The fourth-order valence-corrected chi connectivity index (χ4v) is 3.54. The van der Waals surface area contributed by atoms with Crippen LogP contribution in [-0.4, -0.2) is 44.0 Å².